The molecule has 2 aliphatic heterocycles. The van der Waals surface area contributed by atoms with E-state index in [1.54, 1.807) is 6.07 Å². The molecule has 0 spiro atoms. The summed E-state index contributed by atoms with van der Waals surface area (Å²) in [5.41, 5.74) is 0.651. The Morgan fingerprint density at radius 3 is 2.67 bits per heavy atom. The van der Waals surface area contributed by atoms with Crippen molar-refractivity contribution in [1.29, 1.82) is 0 Å². The van der Waals surface area contributed by atoms with Crippen molar-refractivity contribution in [3.63, 3.8) is 0 Å². The van der Waals surface area contributed by atoms with E-state index in [0.717, 1.165) is 6.42 Å². The van der Waals surface area contributed by atoms with Gasteiger partial charge in [-0.05, 0) is 51.4 Å². The smallest absolute Gasteiger partial charge is 0.406 e. The number of hydrogen-bond donors (Lipinski definition) is 1. The van der Waals surface area contributed by atoms with Crippen LogP contribution in [0.4, 0.5) is 13.2 Å². The zero-order valence-electron chi connectivity index (χ0n) is 19.4. The van der Waals surface area contributed by atoms with Crippen molar-refractivity contribution in [2.45, 2.75) is 64.1 Å². The van der Waals surface area contributed by atoms with E-state index in [9.17, 15) is 22.8 Å². The normalized spacial score (nSPS) is 24.2. The van der Waals surface area contributed by atoms with E-state index in [1.165, 1.54) is 18.2 Å². The van der Waals surface area contributed by atoms with Gasteiger partial charge in [0.05, 0.1) is 0 Å². The van der Waals surface area contributed by atoms with Crippen molar-refractivity contribution in [1.82, 2.24) is 20.0 Å². The zero-order valence-corrected chi connectivity index (χ0v) is 19.4. The highest BCUT2D eigenvalue weighted by Gasteiger charge is 2.45. The Hall–Kier alpha value is -2.33. The number of hydrogen-bond acceptors (Lipinski definition) is 5. The number of nitrogens with zero attached hydrogens (tertiary/aromatic N) is 3. The van der Waals surface area contributed by atoms with Crippen LogP contribution in [0.1, 0.15) is 38.7 Å². The van der Waals surface area contributed by atoms with Crippen LogP contribution in [0.5, 0.6) is 5.75 Å². The van der Waals surface area contributed by atoms with Crippen molar-refractivity contribution >= 4 is 11.8 Å². The van der Waals surface area contributed by atoms with Gasteiger partial charge in [0.2, 0.25) is 11.8 Å². The molecule has 1 N–H and O–H groups in total. The molecule has 33 heavy (non-hydrogen) atoms. The Labute approximate surface area is 192 Å². The molecule has 0 bridgehead atoms. The van der Waals surface area contributed by atoms with Gasteiger partial charge in [0.25, 0.3) is 0 Å². The molecule has 2 heterocycles. The minimum Gasteiger partial charge on any atom is -0.406 e. The van der Waals surface area contributed by atoms with Crippen LogP contribution in [0.3, 0.4) is 0 Å². The summed E-state index contributed by atoms with van der Waals surface area (Å²) in [7, 11) is 1.99. The third-order valence-corrected chi connectivity index (χ3v) is 6.67. The SMILES string of the molecule is CCN(CC)C(=O)CCC1CNC(=O)C2C(CCN2Cc2cccc(OC(F)(F)F)c2)N1C. The average molecular weight is 471 g/mol. The van der Waals surface area contributed by atoms with Gasteiger partial charge in [-0.25, -0.2) is 0 Å². The Bertz CT molecular complexity index is 831. The van der Waals surface area contributed by atoms with Crippen molar-refractivity contribution in [3.05, 3.63) is 29.8 Å². The molecule has 3 unspecified atom stereocenters. The molecule has 2 amide bonds. The van der Waals surface area contributed by atoms with Crippen LogP contribution >= 0.6 is 0 Å². The number of fused-ring (bicyclic) bond motifs is 1. The summed E-state index contributed by atoms with van der Waals surface area (Å²) in [6, 6.07) is 5.51. The van der Waals surface area contributed by atoms with Crippen molar-refractivity contribution in [2.24, 2.45) is 0 Å². The number of likely N-dealkylation sites (N-methyl/N-ethyl adjacent to an activating group) is 1. The second-order valence-corrected chi connectivity index (χ2v) is 8.64. The molecule has 10 heteroatoms. The van der Waals surface area contributed by atoms with Gasteiger partial charge in [-0.15, -0.1) is 13.2 Å². The van der Waals surface area contributed by atoms with Gasteiger partial charge in [-0.3, -0.25) is 19.4 Å². The van der Waals surface area contributed by atoms with E-state index in [-0.39, 0.29) is 29.6 Å². The number of carbonyl (C=O) groups excluding carboxylic acids is 2. The van der Waals surface area contributed by atoms with E-state index in [1.807, 2.05) is 30.7 Å². The fourth-order valence-corrected chi connectivity index (χ4v) is 4.93. The molecule has 0 radical (unpaired) electrons. The summed E-state index contributed by atoms with van der Waals surface area (Å²) in [5.74, 6) is -0.227. The van der Waals surface area contributed by atoms with Gasteiger partial charge in [0.1, 0.15) is 11.8 Å². The van der Waals surface area contributed by atoms with Gasteiger partial charge >= 0.3 is 6.36 Å². The lowest BCUT2D eigenvalue weighted by Gasteiger charge is -2.33. The van der Waals surface area contributed by atoms with Gasteiger partial charge in [-0.2, -0.15) is 0 Å². The van der Waals surface area contributed by atoms with Crippen molar-refractivity contribution in [3.8, 4) is 5.75 Å². The lowest BCUT2D eigenvalue weighted by Crippen LogP contribution is -2.49. The van der Waals surface area contributed by atoms with Crippen LogP contribution in [-0.4, -0.2) is 84.2 Å². The molecule has 1 aromatic carbocycles. The summed E-state index contributed by atoms with van der Waals surface area (Å²) in [6.07, 6.45) is -2.89. The maximum absolute atomic E-state index is 13.0. The number of nitrogens with one attached hydrogen (secondary N) is 1. The van der Waals surface area contributed by atoms with Gasteiger partial charge < -0.3 is 15.0 Å². The molecule has 0 aliphatic carbocycles. The fourth-order valence-electron chi connectivity index (χ4n) is 4.93. The first-order valence-corrected chi connectivity index (χ1v) is 11.5. The van der Waals surface area contributed by atoms with Crippen LogP contribution in [0.15, 0.2) is 24.3 Å². The molecule has 2 fully saturated rings. The molecule has 2 aliphatic rings. The Kier molecular flexibility index (Phi) is 8.23. The van der Waals surface area contributed by atoms with E-state index >= 15 is 0 Å². The van der Waals surface area contributed by atoms with Crippen molar-refractivity contribution < 1.29 is 27.5 Å². The maximum atomic E-state index is 13.0. The summed E-state index contributed by atoms with van der Waals surface area (Å²) >= 11 is 0. The zero-order chi connectivity index (χ0) is 24.2. The fraction of sp³-hybridized carbons (Fsp3) is 0.652. The van der Waals surface area contributed by atoms with E-state index in [4.69, 9.17) is 0 Å². The predicted molar refractivity (Wildman–Crippen MR) is 117 cm³/mol. The lowest BCUT2D eigenvalue weighted by molar-refractivity contribution is -0.274. The molecule has 0 saturated carbocycles. The molecular formula is C23H33F3N4O3. The second-order valence-electron chi connectivity index (χ2n) is 8.64. The molecule has 184 valence electrons. The number of ether oxygens (including phenoxy) is 1. The highest BCUT2D eigenvalue weighted by molar-refractivity contribution is 5.83. The molecule has 3 rings (SSSR count). The number of rotatable bonds is 8. The molecule has 1 aromatic rings. The Morgan fingerprint density at radius 1 is 1.27 bits per heavy atom. The summed E-state index contributed by atoms with van der Waals surface area (Å²) in [6.45, 7) is 6.76. The molecule has 2 saturated heterocycles. The standard InChI is InChI=1S/C23H33F3N4O3/c1-4-29(5-2)20(31)10-9-17-14-27-22(32)21-19(28(17)3)11-12-30(21)15-16-7-6-8-18(13-16)33-23(24,25)26/h6-8,13,17,19,21H,4-5,9-12,14-15H2,1-3H3,(H,27,32). The number of alkyl halides is 3. The minimum atomic E-state index is -4.75. The third kappa shape index (κ3) is 6.38. The first-order valence-electron chi connectivity index (χ1n) is 11.5. The summed E-state index contributed by atoms with van der Waals surface area (Å²) in [4.78, 5) is 31.4. The van der Waals surface area contributed by atoms with Crippen molar-refractivity contribution in [2.75, 3.05) is 33.2 Å². The molecule has 0 aromatic heterocycles. The monoisotopic (exact) mass is 470 g/mol. The van der Waals surface area contributed by atoms with Crippen LogP contribution in [0.2, 0.25) is 0 Å². The molecule has 3 atom stereocenters. The number of halogens is 3. The molecule has 7 nitrogen and oxygen atoms in total. The summed E-state index contributed by atoms with van der Waals surface area (Å²) < 4.78 is 41.7. The largest absolute Gasteiger partial charge is 0.573 e. The van der Waals surface area contributed by atoms with E-state index < -0.39 is 12.4 Å². The maximum Gasteiger partial charge on any atom is 0.573 e. The minimum absolute atomic E-state index is 0.0179. The predicted octanol–water partition coefficient (Wildman–Crippen LogP) is 2.61. The van der Waals surface area contributed by atoms with Crippen LogP contribution in [0, 0.1) is 0 Å². The van der Waals surface area contributed by atoms with Crippen LogP contribution in [0.25, 0.3) is 0 Å². The number of carbonyl (C=O) groups is 2. The highest BCUT2D eigenvalue weighted by Crippen LogP contribution is 2.30. The Balaban J connectivity index is 1.66. The quantitative estimate of drug-likeness (QED) is 0.633. The first kappa shape index (κ1) is 25.3. The van der Waals surface area contributed by atoms with Crippen LogP contribution in [-0.2, 0) is 16.1 Å². The second kappa shape index (κ2) is 10.7. The first-order chi connectivity index (χ1) is 15.6. The lowest BCUT2D eigenvalue weighted by atomic mass is 10.0. The average Bonchev–Trinajstić information content (AvgIpc) is 3.11. The van der Waals surface area contributed by atoms with Gasteiger partial charge in [-0.1, -0.05) is 12.1 Å². The topological polar surface area (TPSA) is 65.1 Å². The third-order valence-electron chi connectivity index (χ3n) is 6.67. The number of amides is 2. The number of likely N-dealkylation sites (tertiary alicyclic amines) is 1. The number of benzene rings is 1. The Morgan fingerprint density at radius 2 is 2.00 bits per heavy atom. The highest BCUT2D eigenvalue weighted by atomic mass is 19.4. The van der Waals surface area contributed by atoms with Crippen LogP contribution < -0.4 is 10.1 Å². The van der Waals surface area contributed by atoms with Gasteiger partial charge in [0.15, 0.2) is 0 Å². The van der Waals surface area contributed by atoms with E-state index in [0.29, 0.717) is 51.1 Å². The molecular weight excluding hydrogens is 437 g/mol. The summed E-state index contributed by atoms with van der Waals surface area (Å²) in [5, 5.41) is 3.01. The van der Waals surface area contributed by atoms with E-state index in [2.05, 4.69) is 15.0 Å². The van der Waals surface area contributed by atoms with Gasteiger partial charge in [0, 0.05) is 51.2 Å².